The number of aliphatic imine (C=N–C) groups is 2. The molecular weight excluding hydrogens is 1530 g/mol. The number of pyridine rings is 1. The number of phenolic OH excluding ortho intramolecular Hbond substituents is 2. The predicted molar refractivity (Wildman–Crippen MR) is 528 cm³/mol. The van der Waals surface area contributed by atoms with Gasteiger partial charge in [0.05, 0.1) is 83.0 Å². The summed E-state index contributed by atoms with van der Waals surface area (Å²) in [7, 11) is 1.69. The standard InChI is InChI=1S/C24H33NO.C18H22N2.C16H19NO.C14H16N2O.C14H16N2.C13H20N2.C10H12O2/c1-15-10-16(2)21(17(3)11-15)25-14-18-12-19(23(4,5)6)13-20(22(18)26)24(7,8)9;1-15-9-3-4-10-16(15)19-17-11-5-6-12-18(17)20-13-7-2-8-14-20;1-11-9-12(2)16(13(3)10-11)17-14-7-5-6-8-15(14)18-4;1-2-17-14-9-4-3-8-13(14)16-11-12-7-5-6-10-15-12;1-10-7-11(2)14(12(3)8-10)16-9-13-5-4-6-15-13;1-10(2)14-12-8-6-5-7-9-13(12)15-11(3)4;1-10(2)6-7-4-3-5-8(11)9(7)12-10/h10-14,26H,1-9H3;3-6,9-12,19H,2,7-8,13-14H2,1H3;5-10,17H,1-4H3;3-10,16H,2,11H2,1H3;4-9,15H,1-3H3;5-11H,1-4H3,(H,14,15);3-5,11H,6H2,1-2H3. The van der Waals surface area contributed by atoms with Crippen molar-refractivity contribution in [2.45, 2.75) is 220 Å². The van der Waals surface area contributed by atoms with Gasteiger partial charge >= 0.3 is 0 Å². The van der Waals surface area contributed by atoms with Crippen LogP contribution in [0.2, 0.25) is 0 Å². The number of nitrogens with one attached hydrogen (secondary N) is 5. The summed E-state index contributed by atoms with van der Waals surface area (Å²) in [6.07, 6.45) is 12.2. The zero-order valence-electron chi connectivity index (χ0n) is 78.3. The molecule has 654 valence electrons. The topological polar surface area (TPSA) is 185 Å². The summed E-state index contributed by atoms with van der Waals surface area (Å²) in [4.78, 5) is 23.7. The largest absolute Gasteiger partial charge is 0.507 e. The molecule has 0 atom stereocenters. The number of fused-ring (bicyclic) bond motifs is 1. The van der Waals surface area contributed by atoms with E-state index in [1.54, 1.807) is 19.4 Å². The van der Waals surface area contributed by atoms with E-state index in [2.05, 4.69) is 288 Å². The number of rotatable bonds is 18. The number of piperidine rings is 1. The summed E-state index contributed by atoms with van der Waals surface area (Å²) >= 11 is 0. The Morgan fingerprint density at radius 3 is 1.65 bits per heavy atom. The van der Waals surface area contributed by atoms with Crippen molar-refractivity contribution in [2.24, 2.45) is 15.0 Å². The number of H-pyrrole nitrogens is 1. The van der Waals surface area contributed by atoms with Gasteiger partial charge in [0, 0.05) is 78.3 Å². The van der Waals surface area contributed by atoms with E-state index in [1.807, 2.05) is 155 Å². The van der Waals surface area contributed by atoms with Gasteiger partial charge in [-0.05, 0) is 283 Å². The van der Waals surface area contributed by atoms with Crippen LogP contribution in [-0.2, 0) is 23.8 Å². The minimum atomic E-state index is -0.166. The number of aromatic nitrogens is 2. The number of aryl methyl sites for hydroxylation is 10. The molecule has 2 aromatic heterocycles. The van der Waals surface area contributed by atoms with Crippen LogP contribution in [0, 0.1) is 69.2 Å². The Morgan fingerprint density at radius 1 is 0.540 bits per heavy atom. The number of methoxy groups -OCH3 is 1. The first-order valence-electron chi connectivity index (χ1n) is 43.7. The van der Waals surface area contributed by atoms with Crippen LogP contribution in [0.15, 0.2) is 252 Å². The molecular formula is C109H138N10O5. The third kappa shape index (κ3) is 30.3. The van der Waals surface area contributed by atoms with Crippen LogP contribution >= 0.6 is 0 Å². The molecule has 2 aliphatic rings. The Labute approximate surface area is 741 Å². The SMILES string of the molecule is CC(C)N=c1cccccc1NC(C)C.CC1(C)Cc2cccc(O)c2O1.CCOc1ccccc1NCc1ccccn1.COc1ccccc1Nc1c(C)cc(C)cc1C.Cc1cc(C)c(N=Cc2cc(C(C)(C)C)cc(C(C)(C)C)c2O)c(C)c1.Cc1cc(C)c(N=Cc2ccc[nH]2)c(C)c1.Cc1ccccc1Nc1ccccc1N1CCCCC1. The second-order valence-electron chi connectivity index (χ2n) is 35.3. The second-order valence-corrected chi connectivity index (χ2v) is 35.3. The number of phenols is 2. The van der Waals surface area contributed by atoms with Crippen LogP contribution in [0.1, 0.15) is 199 Å². The van der Waals surface area contributed by atoms with Crippen LogP contribution in [0.3, 0.4) is 0 Å². The van der Waals surface area contributed by atoms with Gasteiger partial charge in [0.2, 0.25) is 0 Å². The van der Waals surface area contributed by atoms with Gasteiger partial charge in [-0.2, -0.15) is 0 Å². The lowest BCUT2D eigenvalue weighted by atomic mass is 9.79. The first-order valence-corrected chi connectivity index (χ1v) is 43.7. The molecule has 7 N–H and O–H groups in total. The van der Waals surface area contributed by atoms with Crippen molar-refractivity contribution in [3.05, 3.63) is 331 Å². The molecule has 1 saturated heterocycles. The fourth-order valence-corrected chi connectivity index (χ4v) is 14.9. The van der Waals surface area contributed by atoms with Gasteiger partial charge in [0.15, 0.2) is 11.5 Å². The molecule has 0 unspecified atom stereocenters. The van der Waals surface area contributed by atoms with Gasteiger partial charge in [0.1, 0.15) is 22.8 Å². The molecule has 15 heteroatoms. The van der Waals surface area contributed by atoms with Crippen LogP contribution < -0.4 is 45.7 Å². The number of anilines is 7. The highest BCUT2D eigenvalue weighted by molar-refractivity contribution is 5.88. The third-order valence-corrected chi connectivity index (χ3v) is 20.7. The molecule has 0 bridgehead atoms. The number of ether oxygens (including phenoxy) is 3. The average molecular weight is 1670 g/mol. The number of hydrogen-bond acceptors (Lipinski definition) is 14. The minimum absolute atomic E-state index is 0.00593. The molecule has 14 rings (SSSR count). The number of benzene rings is 9. The number of para-hydroxylation sites is 8. The van der Waals surface area contributed by atoms with Crippen molar-refractivity contribution in [3.8, 4) is 28.7 Å². The normalized spacial score (nSPS) is 12.7. The number of aromatic amines is 1. The maximum atomic E-state index is 10.9. The Kier molecular flexibility index (Phi) is 36.6. The van der Waals surface area contributed by atoms with Crippen molar-refractivity contribution in [1.82, 2.24) is 9.97 Å². The van der Waals surface area contributed by atoms with E-state index < -0.39 is 0 Å². The van der Waals surface area contributed by atoms with Crippen LogP contribution in [-0.4, -0.2) is 77.1 Å². The summed E-state index contributed by atoms with van der Waals surface area (Å²) in [5, 5.41) is 35.1. The molecule has 15 nitrogen and oxygen atoms in total. The highest BCUT2D eigenvalue weighted by Gasteiger charge is 2.32. The molecule has 10 aromatic carbocycles. The monoisotopic (exact) mass is 1670 g/mol. The molecule has 12 aromatic rings. The first-order chi connectivity index (χ1) is 59.0. The van der Waals surface area contributed by atoms with E-state index in [1.165, 1.54) is 99.5 Å². The molecule has 0 aliphatic carbocycles. The van der Waals surface area contributed by atoms with Crippen LogP contribution in [0.25, 0.3) is 0 Å². The lowest BCUT2D eigenvalue weighted by Gasteiger charge is -2.30. The van der Waals surface area contributed by atoms with Crippen LogP contribution in [0.4, 0.5) is 51.2 Å². The predicted octanol–water partition coefficient (Wildman–Crippen LogP) is 27.5. The van der Waals surface area contributed by atoms with Crippen molar-refractivity contribution >= 4 is 63.6 Å². The Hall–Kier alpha value is -12.4. The van der Waals surface area contributed by atoms with E-state index in [-0.39, 0.29) is 22.2 Å². The van der Waals surface area contributed by atoms with Gasteiger partial charge < -0.3 is 55.6 Å². The fraction of sp³-hybridized carbons (Fsp3) is 0.339. The Morgan fingerprint density at radius 2 is 1.09 bits per heavy atom. The van der Waals surface area contributed by atoms with E-state index in [9.17, 15) is 10.2 Å². The smallest absolute Gasteiger partial charge is 0.165 e. The van der Waals surface area contributed by atoms with Crippen molar-refractivity contribution in [2.75, 3.05) is 53.0 Å². The summed E-state index contributed by atoms with van der Waals surface area (Å²) in [5.74, 6) is 2.97. The number of hydrogen-bond donors (Lipinski definition) is 7. The van der Waals surface area contributed by atoms with Gasteiger partial charge in [0.25, 0.3) is 0 Å². The summed E-state index contributed by atoms with van der Waals surface area (Å²) < 4.78 is 16.5. The van der Waals surface area contributed by atoms with Gasteiger partial charge in [-0.15, -0.1) is 0 Å². The van der Waals surface area contributed by atoms with E-state index >= 15 is 0 Å². The molecule has 124 heavy (non-hydrogen) atoms. The first kappa shape index (κ1) is 97.1. The third-order valence-electron chi connectivity index (χ3n) is 20.7. The minimum Gasteiger partial charge on any atom is -0.507 e. The maximum absolute atomic E-state index is 10.9. The van der Waals surface area contributed by atoms with Gasteiger partial charge in [-0.25, -0.2) is 0 Å². The van der Waals surface area contributed by atoms with Crippen molar-refractivity contribution in [3.63, 3.8) is 0 Å². The highest BCUT2D eigenvalue weighted by atomic mass is 16.5. The van der Waals surface area contributed by atoms with E-state index in [0.29, 0.717) is 36.7 Å². The summed E-state index contributed by atoms with van der Waals surface area (Å²) in [5.41, 5.74) is 28.2. The Balaban J connectivity index is 0.000000181. The molecule has 4 heterocycles. The van der Waals surface area contributed by atoms with E-state index in [4.69, 9.17) is 19.2 Å². The molecule has 0 saturated carbocycles. The average Bonchev–Trinajstić information content (AvgIpc) is 1.47. The van der Waals surface area contributed by atoms with Gasteiger partial charge in [-0.1, -0.05) is 192 Å². The van der Waals surface area contributed by atoms with Crippen molar-refractivity contribution in [1.29, 1.82) is 0 Å². The lowest BCUT2D eigenvalue weighted by molar-refractivity contribution is 0.134. The molecule has 2 aliphatic heterocycles. The second kappa shape index (κ2) is 46.8. The van der Waals surface area contributed by atoms with Gasteiger partial charge in [-0.3, -0.25) is 20.0 Å². The zero-order chi connectivity index (χ0) is 90.3. The molecule has 0 radical (unpaired) electrons. The molecule has 0 spiro atoms. The highest BCUT2D eigenvalue weighted by Crippen LogP contribution is 2.42. The maximum Gasteiger partial charge on any atom is 0.165 e. The number of aromatic hydroxyl groups is 2. The zero-order valence-corrected chi connectivity index (χ0v) is 78.3. The Bertz CT molecular complexity index is 5440. The molecule has 1 fully saturated rings. The fourth-order valence-electron chi connectivity index (χ4n) is 14.9. The summed E-state index contributed by atoms with van der Waals surface area (Å²) in [6.45, 7) is 52.2. The van der Waals surface area contributed by atoms with Crippen molar-refractivity contribution < 1.29 is 24.4 Å². The lowest BCUT2D eigenvalue weighted by Crippen LogP contribution is -2.29. The molecule has 0 amide bonds. The summed E-state index contributed by atoms with van der Waals surface area (Å²) in [6, 6.07) is 76.4. The van der Waals surface area contributed by atoms with Crippen LogP contribution in [0.5, 0.6) is 28.7 Å². The van der Waals surface area contributed by atoms with E-state index in [0.717, 1.165) is 96.6 Å². The number of nitrogens with zero attached hydrogens (tertiary/aromatic N) is 5. The quantitative estimate of drug-likeness (QED) is 0.0406.